The van der Waals surface area contributed by atoms with E-state index in [2.05, 4.69) is 35.4 Å². The number of benzene rings is 2. The van der Waals surface area contributed by atoms with E-state index in [0.29, 0.717) is 18.8 Å². The molecule has 0 spiro atoms. The number of hydrogen-bond acceptors (Lipinski definition) is 3. The van der Waals surface area contributed by atoms with E-state index in [1.54, 1.807) is 11.8 Å². The Balaban J connectivity index is 1.70. The lowest BCUT2D eigenvalue weighted by atomic mass is 10.1. The number of rotatable bonds is 4. The zero-order valence-corrected chi connectivity index (χ0v) is 15.8. The molecule has 132 valence electrons. The molecule has 0 radical (unpaired) electrons. The quantitative estimate of drug-likeness (QED) is 0.691. The van der Waals surface area contributed by atoms with Crippen molar-refractivity contribution in [1.82, 2.24) is 14.7 Å². The summed E-state index contributed by atoms with van der Waals surface area (Å²) < 4.78 is 1.86. The van der Waals surface area contributed by atoms with Crippen molar-refractivity contribution in [3.05, 3.63) is 71.4 Å². The number of hydrogen-bond donors (Lipinski definition) is 0. The van der Waals surface area contributed by atoms with Crippen LogP contribution in [0.1, 0.15) is 28.5 Å². The average molecular weight is 363 g/mol. The minimum absolute atomic E-state index is 0.00758. The van der Waals surface area contributed by atoms with Gasteiger partial charge in [-0.15, -0.1) is 11.8 Å². The van der Waals surface area contributed by atoms with Crippen molar-refractivity contribution in [2.45, 2.75) is 24.1 Å². The zero-order chi connectivity index (χ0) is 18.1. The highest BCUT2D eigenvalue weighted by molar-refractivity contribution is 7.98. The van der Waals surface area contributed by atoms with Crippen LogP contribution >= 0.6 is 11.8 Å². The van der Waals surface area contributed by atoms with Crippen molar-refractivity contribution in [2.24, 2.45) is 7.05 Å². The molecule has 4 nitrogen and oxygen atoms in total. The molecule has 0 bridgehead atoms. The third-order valence-corrected chi connectivity index (χ3v) is 5.85. The maximum absolute atomic E-state index is 13.2. The van der Waals surface area contributed by atoms with Gasteiger partial charge in [-0.3, -0.25) is 9.48 Å². The second kappa shape index (κ2) is 7.00. The number of fused-ring (bicyclic) bond motifs is 3. The topological polar surface area (TPSA) is 38.1 Å². The van der Waals surface area contributed by atoms with Crippen LogP contribution in [0.15, 0.2) is 59.5 Å². The summed E-state index contributed by atoms with van der Waals surface area (Å²) in [5.41, 5.74) is 5.00. The van der Waals surface area contributed by atoms with E-state index in [0.717, 1.165) is 22.6 Å². The van der Waals surface area contributed by atoms with Crippen LogP contribution in [0.25, 0.3) is 11.3 Å². The lowest BCUT2D eigenvalue weighted by molar-refractivity contribution is 0.0745. The van der Waals surface area contributed by atoms with Gasteiger partial charge in [0.25, 0.3) is 5.91 Å². The van der Waals surface area contributed by atoms with E-state index in [9.17, 15) is 4.79 Å². The number of thioether (sulfide) groups is 1. The van der Waals surface area contributed by atoms with Crippen molar-refractivity contribution in [1.29, 1.82) is 0 Å². The molecule has 0 N–H and O–H groups in total. The summed E-state index contributed by atoms with van der Waals surface area (Å²) in [4.78, 5) is 16.3. The molecular formula is C21H21N3OS. The van der Waals surface area contributed by atoms with Gasteiger partial charge in [0.2, 0.25) is 0 Å². The van der Waals surface area contributed by atoms with Crippen LogP contribution in [0.3, 0.4) is 0 Å². The molecule has 1 amide bonds. The first-order valence-corrected chi connectivity index (χ1v) is 9.79. The number of aryl methyl sites for hydroxylation is 1. The van der Waals surface area contributed by atoms with Crippen LogP contribution in [0, 0.1) is 0 Å². The van der Waals surface area contributed by atoms with Crippen LogP contribution in [0.4, 0.5) is 0 Å². The fourth-order valence-corrected chi connectivity index (χ4v) is 4.50. The molecule has 2 heterocycles. The molecule has 5 heteroatoms. The minimum atomic E-state index is 0.00758. The highest BCUT2D eigenvalue weighted by Crippen LogP contribution is 2.42. The van der Waals surface area contributed by atoms with Crippen molar-refractivity contribution < 1.29 is 4.79 Å². The zero-order valence-electron chi connectivity index (χ0n) is 15.0. The lowest BCUT2D eigenvalue weighted by Crippen LogP contribution is -2.31. The Morgan fingerprint density at radius 1 is 1.15 bits per heavy atom. The lowest BCUT2D eigenvalue weighted by Gasteiger charge is -2.21. The second-order valence-corrected chi connectivity index (χ2v) is 7.41. The molecular weight excluding hydrogens is 342 g/mol. The molecule has 4 rings (SSSR count). The van der Waals surface area contributed by atoms with Gasteiger partial charge in [0, 0.05) is 41.9 Å². The molecule has 26 heavy (non-hydrogen) atoms. The summed E-state index contributed by atoms with van der Waals surface area (Å²) >= 11 is 1.78. The molecule has 0 unspecified atom stereocenters. The van der Waals surface area contributed by atoms with Gasteiger partial charge >= 0.3 is 0 Å². The van der Waals surface area contributed by atoms with Gasteiger partial charge in [-0.2, -0.15) is 5.10 Å². The molecule has 0 fully saturated rings. The molecule has 0 atom stereocenters. The van der Waals surface area contributed by atoms with Crippen LogP contribution in [0.2, 0.25) is 0 Å². The Hall–Kier alpha value is -2.53. The van der Waals surface area contributed by atoms with Gasteiger partial charge in [0.05, 0.1) is 5.69 Å². The molecule has 3 aromatic rings. The maximum atomic E-state index is 13.2. The Morgan fingerprint density at radius 3 is 2.65 bits per heavy atom. The van der Waals surface area contributed by atoms with E-state index in [1.165, 1.54) is 10.5 Å². The Bertz CT molecular complexity index is 949. The van der Waals surface area contributed by atoms with Crippen molar-refractivity contribution in [3.63, 3.8) is 0 Å². The summed E-state index contributed by atoms with van der Waals surface area (Å²) in [6.07, 6.45) is 0. The largest absolute Gasteiger partial charge is 0.333 e. The highest BCUT2D eigenvalue weighted by atomic mass is 32.2. The van der Waals surface area contributed by atoms with Crippen LogP contribution in [-0.4, -0.2) is 27.1 Å². The van der Waals surface area contributed by atoms with Crippen molar-refractivity contribution >= 4 is 17.7 Å². The molecule has 1 aliphatic rings. The molecule has 0 saturated heterocycles. The minimum Gasteiger partial charge on any atom is -0.333 e. The van der Waals surface area contributed by atoms with Crippen molar-refractivity contribution in [2.75, 3.05) is 6.54 Å². The van der Waals surface area contributed by atoms with E-state index in [-0.39, 0.29) is 5.91 Å². The first kappa shape index (κ1) is 16.9. The Morgan fingerprint density at radius 2 is 1.88 bits per heavy atom. The number of nitrogens with zero attached hydrogens (tertiary/aromatic N) is 3. The number of carbonyl (C=O) groups is 1. The number of amides is 1. The fourth-order valence-electron chi connectivity index (χ4n) is 3.43. The van der Waals surface area contributed by atoms with Gasteiger partial charge in [0.15, 0.2) is 5.69 Å². The summed E-state index contributed by atoms with van der Waals surface area (Å²) in [6, 6.07) is 18.4. The average Bonchev–Trinajstić information content (AvgIpc) is 3.03. The van der Waals surface area contributed by atoms with Gasteiger partial charge in [0.1, 0.15) is 0 Å². The van der Waals surface area contributed by atoms with Crippen LogP contribution < -0.4 is 0 Å². The summed E-state index contributed by atoms with van der Waals surface area (Å²) in [7, 11) is 1.93. The second-order valence-electron chi connectivity index (χ2n) is 6.39. The van der Waals surface area contributed by atoms with Gasteiger partial charge in [-0.05, 0) is 18.6 Å². The van der Waals surface area contributed by atoms with E-state index < -0.39 is 0 Å². The third-order valence-electron chi connectivity index (χ3n) is 4.75. The van der Waals surface area contributed by atoms with Crippen LogP contribution in [0.5, 0.6) is 0 Å². The van der Waals surface area contributed by atoms with Crippen molar-refractivity contribution in [3.8, 4) is 11.3 Å². The van der Waals surface area contributed by atoms with Gasteiger partial charge < -0.3 is 4.90 Å². The monoisotopic (exact) mass is 363 g/mol. The van der Waals surface area contributed by atoms with Crippen LogP contribution in [-0.2, 0) is 19.3 Å². The Labute approximate surface area is 157 Å². The molecule has 1 aliphatic heterocycles. The van der Waals surface area contributed by atoms with Gasteiger partial charge in [-0.1, -0.05) is 48.5 Å². The SMILES string of the molecule is CCN(Cc1ccccc1)C(=O)c1nn(C)c2c1CSc1ccccc1-2. The van der Waals surface area contributed by atoms with Gasteiger partial charge in [-0.25, -0.2) is 0 Å². The summed E-state index contributed by atoms with van der Waals surface area (Å²) in [6.45, 7) is 3.27. The van der Waals surface area contributed by atoms with E-state index in [4.69, 9.17) is 0 Å². The first-order valence-electron chi connectivity index (χ1n) is 8.80. The maximum Gasteiger partial charge on any atom is 0.274 e. The smallest absolute Gasteiger partial charge is 0.274 e. The third kappa shape index (κ3) is 2.92. The molecule has 0 saturated carbocycles. The fraction of sp³-hybridized carbons (Fsp3) is 0.238. The number of aromatic nitrogens is 2. The first-order chi connectivity index (χ1) is 12.7. The number of carbonyl (C=O) groups excluding carboxylic acids is 1. The Kier molecular flexibility index (Phi) is 4.55. The molecule has 1 aromatic heterocycles. The molecule has 2 aromatic carbocycles. The molecule has 0 aliphatic carbocycles. The summed E-state index contributed by atoms with van der Waals surface area (Å²) in [5, 5.41) is 4.61. The summed E-state index contributed by atoms with van der Waals surface area (Å²) in [5.74, 6) is 0.789. The van der Waals surface area contributed by atoms with E-state index in [1.807, 2.05) is 47.8 Å². The predicted molar refractivity (Wildman–Crippen MR) is 105 cm³/mol. The normalized spacial score (nSPS) is 12.4. The predicted octanol–water partition coefficient (Wildman–Crippen LogP) is 4.36. The standard InChI is InChI=1S/C21H21N3OS/c1-3-24(13-15-9-5-4-6-10-15)21(25)19-17-14-26-18-12-8-7-11-16(18)20(17)23(2)22-19/h4-12H,3,13-14H2,1-2H3. The highest BCUT2D eigenvalue weighted by Gasteiger charge is 2.29. The van der Waals surface area contributed by atoms with E-state index >= 15 is 0 Å².